The van der Waals surface area contributed by atoms with Crippen LogP contribution in [0, 0.1) is 11.6 Å². The molecular weight excluding hydrogens is 344 g/mol. The molecule has 0 aliphatic carbocycles. The number of anilines is 2. The molecule has 1 atom stereocenters. The number of benzene rings is 2. The number of hydrogen-bond acceptors (Lipinski definition) is 3. The lowest BCUT2D eigenvalue weighted by atomic mass is 9.89. The fraction of sp³-hybridized carbons (Fsp3) is 0.455. The van der Waals surface area contributed by atoms with Crippen molar-refractivity contribution in [2.45, 2.75) is 37.8 Å². The molecule has 5 rings (SSSR count). The van der Waals surface area contributed by atoms with Crippen molar-refractivity contribution in [1.29, 1.82) is 0 Å². The van der Waals surface area contributed by atoms with Gasteiger partial charge in [0, 0.05) is 13.1 Å². The van der Waals surface area contributed by atoms with Crippen molar-refractivity contribution in [2.24, 2.45) is 0 Å². The van der Waals surface area contributed by atoms with Crippen LogP contribution >= 0.6 is 0 Å². The van der Waals surface area contributed by atoms with Crippen LogP contribution in [0.5, 0.6) is 0 Å². The van der Waals surface area contributed by atoms with Gasteiger partial charge in [-0.15, -0.1) is 0 Å². The molecule has 0 amide bonds. The quantitative estimate of drug-likeness (QED) is 0.868. The fourth-order valence-electron chi connectivity index (χ4n) is 4.99. The van der Waals surface area contributed by atoms with E-state index >= 15 is 0 Å². The second kappa shape index (κ2) is 6.79. The molecule has 142 valence electrons. The van der Waals surface area contributed by atoms with E-state index in [4.69, 9.17) is 0 Å². The van der Waals surface area contributed by atoms with Gasteiger partial charge in [-0.25, -0.2) is 8.78 Å². The first-order valence-corrected chi connectivity index (χ1v) is 10.0. The van der Waals surface area contributed by atoms with E-state index in [1.54, 1.807) is 24.3 Å². The van der Waals surface area contributed by atoms with Crippen LogP contribution in [0.15, 0.2) is 36.4 Å². The van der Waals surface area contributed by atoms with Gasteiger partial charge in [-0.05, 0) is 80.1 Å². The van der Waals surface area contributed by atoms with Gasteiger partial charge in [0.1, 0.15) is 17.8 Å². The third-order valence-electron chi connectivity index (χ3n) is 6.34. The van der Waals surface area contributed by atoms with Crippen LogP contribution in [-0.4, -0.2) is 37.2 Å². The van der Waals surface area contributed by atoms with Gasteiger partial charge in [0.05, 0.1) is 11.4 Å². The highest BCUT2D eigenvalue weighted by Gasteiger charge is 2.35. The van der Waals surface area contributed by atoms with Crippen LogP contribution in [-0.2, 0) is 6.42 Å². The van der Waals surface area contributed by atoms with Crippen LogP contribution in [0.1, 0.15) is 36.3 Å². The zero-order valence-electron chi connectivity index (χ0n) is 15.4. The molecule has 0 radical (unpaired) electrons. The lowest BCUT2D eigenvalue weighted by Gasteiger charge is -2.37. The molecule has 3 aliphatic rings. The van der Waals surface area contributed by atoms with Crippen LogP contribution in [0.2, 0.25) is 0 Å². The molecule has 5 heteroatoms. The second-order valence-corrected chi connectivity index (χ2v) is 8.04. The second-order valence-electron chi connectivity index (χ2n) is 8.04. The van der Waals surface area contributed by atoms with Crippen molar-refractivity contribution < 1.29 is 8.78 Å². The maximum Gasteiger partial charge on any atom is 0.125 e. The maximum atomic E-state index is 13.9. The van der Waals surface area contributed by atoms with Gasteiger partial charge in [0.15, 0.2) is 0 Å². The molecule has 1 N–H and O–H groups in total. The summed E-state index contributed by atoms with van der Waals surface area (Å²) in [6, 6.07) is 10.3. The molecule has 1 saturated heterocycles. The summed E-state index contributed by atoms with van der Waals surface area (Å²) in [4.78, 5) is 4.94. The first kappa shape index (κ1) is 17.0. The summed E-state index contributed by atoms with van der Waals surface area (Å²) >= 11 is 0. The highest BCUT2D eigenvalue weighted by Crippen LogP contribution is 2.42. The number of halogens is 2. The summed E-state index contributed by atoms with van der Waals surface area (Å²) in [5.74, 6) is 0.213. The van der Waals surface area contributed by atoms with Crippen LogP contribution < -0.4 is 10.2 Å². The Bertz CT molecular complexity index is 828. The summed E-state index contributed by atoms with van der Waals surface area (Å²) in [7, 11) is 0. The van der Waals surface area contributed by atoms with Gasteiger partial charge in [-0.1, -0.05) is 12.1 Å². The third kappa shape index (κ3) is 3.18. The topological polar surface area (TPSA) is 18.5 Å². The Kier molecular flexibility index (Phi) is 4.27. The number of likely N-dealkylation sites (tertiary alicyclic amines) is 1. The number of aryl methyl sites for hydroxylation is 1. The standard InChI is InChI=1S/C22H25F2N3/c23-18-5-3-15(4-6-18)16-7-10-26(11-8-16)14-21-25-20-13-19(24)12-17-2-1-9-27(21)22(17)20/h3-6,12-13,16,21,25H,1-2,7-11,14H2. The van der Waals surface area contributed by atoms with E-state index in [0.29, 0.717) is 5.92 Å². The lowest BCUT2D eigenvalue weighted by Crippen LogP contribution is -2.48. The van der Waals surface area contributed by atoms with Gasteiger partial charge in [-0.3, -0.25) is 4.90 Å². The highest BCUT2D eigenvalue weighted by molar-refractivity contribution is 5.80. The van der Waals surface area contributed by atoms with E-state index in [9.17, 15) is 8.78 Å². The zero-order chi connectivity index (χ0) is 18.4. The Balaban J connectivity index is 1.24. The molecule has 0 saturated carbocycles. The van der Waals surface area contributed by atoms with Gasteiger partial charge < -0.3 is 10.2 Å². The number of nitrogens with one attached hydrogen (secondary N) is 1. The largest absolute Gasteiger partial charge is 0.362 e. The third-order valence-corrected chi connectivity index (χ3v) is 6.34. The van der Waals surface area contributed by atoms with E-state index in [-0.39, 0.29) is 17.8 Å². The SMILES string of the molecule is Fc1ccc(C2CCN(CC3Nc4cc(F)cc5c4N3CCC5)CC2)cc1. The van der Waals surface area contributed by atoms with Crippen molar-refractivity contribution in [3.63, 3.8) is 0 Å². The average Bonchev–Trinajstić information content (AvgIpc) is 3.02. The highest BCUT2D eigenvalue weighted by atomic mass is 19.1. The van der Waals surface area contributed by atoms with Gasteiger partial charge in [-0.2, -0.15) is 0 Å². The number of hydrogen-bond donors (Lipinski definition) is 1. The summed E-state index contributed by atoms with van der Waals surface area (Å²) in [5.41, 5.74) is 4.56. The average molecular weight is 369 g/mol. The predicted molar refractivity (Wildman–Crippen MR) is 104 cm³/mol. The summed E-state index contributed by atoms with van der Waals surface area (Å²) < 4.78 is 27.0. The fourth-order valence-corrected chi connectivity index (χ4v) is 4.99. The molecule has 1 unspecified atom stereocenters. The Labute approximate surface area is 159 Å². The van der Waals surface area contributed by atoms with E-state index in [2.05, 4.69) is 15.1 Å². The number of nitrogens with zero attached hydrogens (tertiary/aromatic N) is 2. The number of piperidine rings is 1. The van der Waals surface area contributed by atoms with Crippen molar-refractivity contribution >= 4 is 11.4 Å². The smallest absolute Gasteiger partial charge is 0.125 e. The molecule has 3 heterocycles. The van der Waals surface area contributed by atoms with Gasteiger partial charge in [0.2, 0.25) is 0 Å². The molecule has 2 aromatic carbocycles. The Hall–Kier alpha value is -2.14. The van der Waals surface area contributed by atoms with E-state index in [1.807, 2.05) is 12.1 Å². The minimum Gasteiger partial charge on any atom is -0.362 e. The predicted octanol–water partition coefficient (Wildman–Crippen LogP) is 4.35. The van der Waals surface area contributed by atoms with Crippen molar-refractivity contribution in [3.05, 3.63) is 59.2 Å². The minimum absolute atomic E-state index is 0.140. The summed E-state index contributed by atoms with van der Waals surface area (Å²) in [6.45, 7) is 4.08. The number of rotatable bonds is 3. The first-order chi connectivity index (χ1) is 13.2. The van der Waals surface area contributed by atoms with Crippen LogP contribution in [0.4, 0.5) is 20.2 Å². The lowest BCUT2D eigenvalue weighted by molar-refractivity contribution is 0.204. The molecule has 0 bridgehead atoms. The Morgan fingerprint density at radius 2 is 1.74 bits per heavy atom. The molecule has 1 fully saturated rings. The zero-order valence-corrected chi connectivity index (χ0v) is 15.4. The van der Waals surface area contributed by atoms with E-state index in [1.165, 1.54) is 11.3 Å². The minimum atomic E-state index is -0.166. The molecule has 0 aromatic heterocycles. The van der Waals surface area contributed by atoms with E-state index in [0.717, 1.165) is 63.1 Å². The molecule has 3 aliphatic heterocycles. The molecule has 3 nitrogen and oxygen atoms in total. The van der Waals surface area contributed by atoms with Crippen LogP contribution in [0.25, 0.3) is 0 Å². The first-order valence-electron chi connectivity index (χ1n) is 10.0. The molecular formula is C22H25F2N3. The normalized spacial score (nSPS) is 22.6. The molecule has 2 aromatic rings. The molecule has 0 spiro atoms. The summed E-state index contributed by atoms with van der Waals surface area (Å²) in [5, 5.41) is 3.56. The van der Waals surface area contributed by atoms with Crippen molar-refractivity contribution in [1.82, 2.24) is 4.90 Å². The Morgan fingerprint density at radius 1 is 0.963 bits per heavy atom. The van der Waals surface area contributed by atoms with Crippen molar-refractivity contribution in [2.75, 3.05) is 36.4 Å². The maximum absolute atomic E-state index is 13.9. The monoisotopic (exact) mass is 369 g/mol. The molecule has 27 heavy (non-hydrogen) atoms. The van der Waals surface area contributed by atoms with Crippen molar-refractivity contribution in [3.8, 4) is 0 Å². The van der Waals surface area contributed by atoms with Crippen LogP contribution in [0.3, 0.4) is 0 Å². The Morgan fingerprint density at radius 3 is 2.52 bits per heavy atom. The van der Waals surface area contributed by atoms with Gasteiger partial charge in [0.25, 0.3) is 0 Å². The summed E-state index contributed by atoms with van der Waals surface area (Å²) in [6.07, 6.45) is 4.48. The van der Waals surface area contributed by atoms with Gasteiger partial charge >= 0.3 is 0 Å². The van der Waals surface area contributed by atoms with E-state index < -0.39 is 0 Å².